The van der Waals surface area contributed by atoms with Gasteiger partial charge < -0.3 is 15.4 Å². The molecular formula is C19H22N2O2. The van der Waals surface area contributed by atoms with E-state index in [1.165, 1.54) is 0 Å². The molecule has 2 aromatic carbocycles. The topological polar surface area (TPSA) is 50.4 Å². The number of piperidine rings is 1. The molecule has 1 atom stereocenters. The molecule has 1 amide bonds. The van der Waals surface area contributed by atoms with E-state index in [9.17, 15) is 4.79 Å². The van der Waals surface area contributed by atoms with Gasteiger partial charge in [0.05, 0.1) is 6.04 Å². The molecular weight excluding hydrogens is 288 g/mol. The SMILES string of the molecule is Cc1cc(Oc2ccccc2)ccc1NC(=O)[C@H]1CCCCN1. The van der Waals surface area contributed by atoms with Gasteiger partial charge in [-0.05, 0) is 62.2 Å². The fraction of sp³-hybridized carbons (Fsp3) is 0.316. The highest BCUT2D eigenvalue weighted by atomic mass is 16.5. The maximum atomic E-state index is 12.3. The summed E-state index contributed by atoms with van der Waals surface area (Å²) in [6, 6.07) is 15.3. The van der Waals surface area contributed by atoms with Gasteiger partial charge in [0.2, 0.25) is 5.91 Å². The van der Waals surface area contributed by atoms with Crippen LogP contribution < -0.4 is 15.4 Å². The van der Waals surface area contributed by atoms with Crippen molar-refractivity contribution in [2.45, 2.75) is 32.2 Å². The Labute approximate surface area is 136 Å². The summed E-state index contributed by atoms with van der Waals surface area (Å²) in [5.74, 6) is 1.61. The Bertz CT molecular complexity index is 664. The molecule has 0 bridgehead atoms. The number of para-hydroxylation sites is 1. The first-order valence-electron chi connectivity index (χ1n) is 8.10. The van der Waals surface area contributed by atoms with Crippen LogP contribution in [0.5, 0.6) is 11.5 Å². The lowest BCUT2D eigenvalue weighted by molar-refractivity contribution is -0.118. The summed E-state index contributed by atoms with van der Waals surface area (Å²) >= 11 is 0. The van der Waals surface area contributed by atoms with Gasteiger partial charge in [-0.3, -0.25) is 4.79 Å². The number of nitrogens with one attached hydrogen (secondary N) is 2. The van der Waals surface area contributed by atoms with Crippen LogP contribution in [-0.4, -0.2) is 18.5 Å². The number of benzene rings is 2. The van der Waals surface area contributed by atoms with Gasteiger partial charge in [0, 0.05) is 5.69 Å². The van der Waals surface area contributed by atoms with E-state index in [1.54, 1.807) is 0 Å². The molecule has 0 saturated carbocycles. The van der Waals surface area contributed by atoms with E-state index >= 15 is 0 Å². The Morgan fingerprint density at radius 2 is 1.96 bits per heavy atom. The Balaban J connectivity index is 1.66. The van der Waals surface area contributed by atoms with E-state index in [2.05, 4.69) is 10.6 Å². The molecule has 1 fully saturated rings. The van der Waals surface area contributed by atoms with E-state index in [0.717, 1.165) is 48.6 Å². The van der Waals surface area contributed by atoms with Gasteiger partial charge in [0.25, 0.3) is 0 Å². The van der Waals surface area contributed by atoms with Crippen LogP contribution in [0.4, 0.5) is 5.69 Å². The van der Waals surface area contributed by atoms with Gasteiger partial charge in [-0.25, -0.2) is 0 Å². The van der Waals surface area contributed by atoms with Crippen molar-refractivity contribution in [1.29, 1.82) is 0 Å². The van der Waals surface area contributed by atoms with Gasteiger partial charge >= 0.3 is 0 Å². The van der Waals surface area contributed by atoms with Crippen LogP contribution >= 0.6 is 0 Å². The van der Waals surface area contributed by atoms with Crippen molar-refractivity contribution < 1.29 is 9.53 Å². The Kier molecular flexibility index (Phi) is 4.93. The molecule has 1 saturated heterocycles. The molecule has 4 heteroatoms. The maximum absolute atomic E-state index is 12.3. The normalized spacial score (nSPS) is 17.5. The van der Waals surface area contributed by atoms with Crippen LogP contribution in [0.25, 0.3) is 0 Å². The van der Waals surface area contributed by atoms with Gasteiger partial charge in [0.1, 0.15) is 11.5 Å². The predicted octanol–water partition coefficient (Wildman–Crippen LogP) is 3.87. The van der Waals surface area contributed by atoms with Crippen LogP contribution in [0, 0.1) is 6.92 Å². The minimum absolute atomic E-state index is 0.0459. The van der Waals surface area contributed by atoms with E-state index in [1.807, 2.05) is 55.5 Å². The van der Waals surface area contributed by atoms with Crippen molar-refractivity contribution >= 4 is 11.6 Å². The molecule has 4 nitrogen and oxygen atoms in total. The van der Waals surface area contributed by atoms with Crippen molar-refractivity contribution in [2.75, 3.05) is 11.9 Å². The summed E-state index contributed by atoms with van der Waals surface area (Å²) in [6.07, 6.45) is 3.16. The molecule has 0 aliphatic carbocycles. The average Bonchev–Trinajstić information content (AvgIpc) is 2.59. The van der Waals surface area contributed by atoms with Gasteiger partial charge in [-0.1, -0.05) is 24.6 Å². The summed E-state index contributed by atoms with van der Waals surface area (Å²) in [4.78, 5) is 12.3. The zero-order valence-electron chi connectivity index (χ0n) is 13.3. The third-order valence-electron chi connectivity index (χ3n) is 4.06. The van der Waals surface area contributed by atoms with Crippen LogP contribution in [0.2, 0.25) is 0 Å². The highest BCUT2D eigenvalue weighted by molar-refractivity contribution is 5.95. The highest BCUT2D eigenvalue weighted by Gasteiger charge is 2.20. The van der Waals surface area contributed by atoms with Crippen LogP contribution in [-0.2, 0) is 4.79 Å². The molecule has 0 spiro atoms. The first kappa shape index (κ1) is 15.6. The van der Waals surface area contributed by atoms with Crippen molar-refractivity contribution in [3.63, 3.8) is 0 Å². The first-order valence-corrected chi connectivity index (χ1v) is 8.10. The lowest BCUT2D eigenvalue weighted by atomic mass is 10.0. The molecule has 0 unspecified atom stereocenters. The Hall–Kier alpha value is -2.33. The fourth-order valence-electron chi connectivity index (χ4n) is 2.76. The first-order chi connectivity index (χ1) is 11.2. The number of anilines is 1. The van der Waals surface area contributed by atoms with Crippen LogP contribution in [0.15, 0.2) is 48.5 Å². The minimum Gasteiger partial charge on any atom is -0.457 e. The molecule has 120 valence electrons. The number of hydrogen-bond acceptors (Lipinski definition) is 3. The molecule has 2 aromatic rings. The molecule has 3 rings (SSSR count). The third-order valence-corrected chi connectivity index (χ3v) is 4.06. The summed E-state index contributed by atoms with van der Waals surface area (Å²) in [7, 11) is 0. The second-order valence-electron chi connectivity index (χ2n) is 5.88. The van der Waals surface area contributed by atoms with Gasteiger partial charge in [-0.15, -0.1) is 0 Å². The number of carbonyl (C=O) groups excluding carboxylic acids is 1. The minimum atomic E-state index is -0.0802. The molecule has 0 radical (unpaired) electrons. The van der Waals surface area contributed by atoms with E-state index in [4.69, 9.17) is 4.74 Å². The van der Waals surface area contributed by atoms with Gasteiger partial charge in [-0.2, -0.15) is 0 Å². The van der Waals surface area contributed by atoms with Crippen LogP contribution in [0.3, 0.4) is 0 Å². The van der Waals surface area contributed by atoms with Crippen molar-refractivity contribution in [3.05, 3.63) is 54.1 Å². The smallest absolute Gasteiger partial charge is 0.241 e. The molecule has 2 N–H and O–H groups in total. The molecule has 1 heterocycles. The monoisotopic (exact) mass is 310 g/mol. The van der Waals surface area contributed by atoms with Crippen molar-refractivity contribution in [1.82, 2.24) is 5.32 Å². The number of ether oxygens (including phenoxy) is 1. The van der Waals surface area contributed by atoms with Gasteiger partial charge in [0.15, 0.2) is 0 Å². The largest absolute Gasteiger partial charge is 0.457 e. The number of amides is 1. The number of aryl methyl sites for hydroxylation is 1. The van der Waals surface area contributed by atoms with E-state index < -0.39 is 0 Å². The lowest BCUT2D eigenvalue weighted by Crippen LogP contribution is -2.43. The Morgan fingerprint density at radius 1 is 1.13 bits per heavy atom. The quantitative estimate of drug-likeness (QED) is 0.901. The van der Waals surface area contributed by atoms with Crippen LogP contribution in [0.1, 0.15) is 24.8 Å². The zero-order valence-corrected chi connectivity index (χ0v) is 13.3. The summed E-state index contributed by atoms with van der Waals surface area (Å²) in [5, 5.41) is 6.28. The van der Waals surface area contributed by atoms with E-state index in [-0.39, 0.29) is 11.9 Å². The van der Waals surface area contributed by atoms with Crippen molar-refractivity contribution in [2.24, 2.45) is 0 Å². The summed E-state index contributed by atoms with van der Waals surface area (Å²) < 4.78 is 5.81. The standard InChI is InChI=1S/C19H22N2O2/c1-14-13-16(23-15-7-3-2-4-8-15)10-11-17(14)21-19(22)18-9-5-6-12-20-18/h2-4,7-8,10-11,13,18,20H,5-6,9,12H2,1H3,(H,21,22)/t18-/m1/s1. The van der Waals surface area contributed by atoms with E-state index in [0.29, 0.717) is 0 Å². The maximum Gasteiger partial charge on any atom is 0.241 e. The lowest BCUT2D eigenvalue weighted by Gasteiger charge is -2.23. The number of rotatable bonds is 4. The summed E-state index contributed by atoms with van der Waals surface area (Å²) in [6.45, 7) is 2.89. The third kappa shape index (κ3) is 4.11. The predicted molar refractivity (Wildman–Crippen MR) is 92.0 cm³/mol. The highest BCUT2D eigenvalue weighted by Crippen LogP contribution is 2.26. The number of hydrogen-bond donors (Lipinski definition) is 2. The Morgan fingerprint density at radius 3 is 2.65 bits per heavy atom. The summed E-state index contributed by atoms with van der Waals surface area (Å²) in [5.41, 5.74) is 1.82. The number of carbonyl (C=O) groups is 1. The second-order valence-corrected chi connectivity index (χ2v) is 5.88. The molecule has 1 aliphatic rings. The van der Waals surface area contributed by atoms with Crippen molar-refractivity contribution in [3.8, 4) is 11.5 Å². The average molecular weight is 310 g/mol. The molecule has 0 aromatic heterocycles. The molecule has 23 heavy (non-hydrogen) atoms. The second kappa shape index (κ2) is 7.29. The molecule has 1 aliphatic heterocycles. The zero-order chi connectivity index (χ0) is 16.1. The fourth-order valence-corrected chi connectivity index (χ4v) is 2.76.